The highest BCUT2D eigenvalue weighted by Crippen LogP contribution is 2.27. The minimum Gasteiger partial charge on any atom is -0.490 e. The monoisotopic (exact) mass is 376 g/mol. The van der Waals surface area contributed by atoms with E-state index in [2.05, 4.69) is 29.0 Å². The highest BCUT2D eigenvalue weighted by Gasteiger charge is 2.13. The van der Waals surface area contributed by atoms with Gasteiger partial charge in [-0.05, 0) is 31.2 Å². The lowest BCUT2D eigenvalue weighted by molar-refractivity contribution is 0.145. The predicted octanol–water partition coefficient (Wildman–Crippen LogP) is 3.70. The Bertz CT molecular complexity index is 631. The summed E-state index contributed by atoms with van der Waals surface area (Å²) < 4.78 is 11.9. The van der Waals surface area contributed by atoms with Gasteiger partial charge in [0, 0.05) is 32.7 Å². The summed E-state index contributed by atoms with van der Waals surface area (Å²) in [7, 11) is 2.19. The van der Waals surface area contributed by atoms with Crippen molar-refractivity contribution in [2.24, 2.45) is 0 Å². The van der Waals surface area contributed by atoms with Crippen LogP contribution in [0.4, 0.5) is 0 Å². The molecule has 0 aliphatic carbocycles. The molecule has 0 spiro atoms. The Kier molecular flexibility index (Phi) is 8.75. The third kappa shape index (κ3) is 6.52. The molecular formula is C21H29ClN2O2. The van der Waals surface area contributed by atoms with Crippen LogP contribution in [0.3, 0.4) is 0 Å². The van der Waals surface area contributed by atoms with Gasteiger partial charge in [-0.25, -0.2) is 0 Å². The van der Waals surface area contributed by atoms with Crippen LogP contribution in [0.5, 0.6) is 11.5 Å². The van der Waals surface area contributed by atoms with Crippen LogP contribution in [0.1, 0.15) is 12.0 Å². The number of likely N-dealkylation sites (N-methyl/N-ethyl adjacent to an activating group) is 1. The fraction of sp³-hybridized carbons (Fsp3) is 0.429. The van der Waals surface area contributed by atoms with Gasteiger partial charge in [0.1, 0.15) is 6.61 Å². The van der Waals surface area contributed by atoms with Crippen molar-refractivity contribution >= 4 is 12.4 Å². The predicted molar refractivity (Wildman–Crippen MR) is 109 cm³/mol. The molecule has 3 rings (SSSR count). The molecule has 0 bridgehead atoms. The molecule has 0 radical (unpaired) electrons. The summed E-state index contributed by atoms with van der Waals surface area (Å²) in [6.07, 6.45) is 1.04. The zero-order valence-corrected chi connectivity index (χ0v) is 16.3. The van der Waals surface area contributed by atoms with Gasteiger partial charge in [-0.15, -0.1) is 12.4 Å². The van der Waals surface area contributed by atoms with Gasteiger partial charge < -0.3 is 19.3 Å². The molecular weight excluding hydrogens is 348 g/mol. The molecule has 4 nitrogen and oxygen atoms in total. The first-order valence-corrected chi connectivity index (χ1v) is 9.11. The van der Waals surface area contributed by atoms with Gasteiger partial charge in [-0.1, -0.05) is 42.5 Å². The van der Waals surface area contributed by atoms with Crippen molar-refractivity contribution in [3.05, 3.63) is 60.2 Å². The number of ether oxygens (including phenoxy) is 2. The van der Waals surface area contributed by atoms with Gasteiger partial charge in [0.05, 0.1) is 6.61 Å². The smallest absolute Gasteiger partial charge is 0.161 e. The van der Waals surface area contributed by atoms with E-state index in [0.717, 1.165) is 62.8 Å². The van der Waals surface area contributed by atoms with E-state index in [4.69, 9.17) is 9.47 Å². The minimum atomic E-state index is 0. The molecule has 142 valence electrons. The summed E-state index contributed by atoms with van der Waals surface area (Å²) in [5.74, 6) is 1.64. The second kappa shape index (κ2) is 11.1. The molecule has 26 heavy (non-hydrogen) atoms. The zero-order valence-electron chi connectivity index (χ0n) is 15.5. The summed E-state index contributed by atoms with van der Waals surface area (Å²) in [5, 5.41) is 0. The first kappa shape index (κ1) is 20.6. The van der Waals surface area contributed by atoms with Crippen molar-refractivity contribution in [3.63, 3.8) is 0 Å². The maximum atomic E-state index is 5.98. The molecule has 0 amide bonds. The molecule has 2 aromatic rings. The largest absolute Gasteiger partial charge is 0.490 e. The Balaban J connectivity index is 0.00000243. The number of hydrogen-bond donors (Lipinski definition) is 0. The quantitative estimate of drug-likeness (QED) is 0.656. The Hall–Kier alpha value is -1.75. The topological polar surface area (TPSA) is 24.9 Å². The summed E-state index contributed by atoms with van der Waals surface area (Å²) in [6, 6.07) is 18.1. The number of halogens is 1. The van der Waals surface area contributed by atoms with E-state index in [-0.39, 0.29) is 12.4 Å². The van der Waals surface area contributed by atoms with Crippen LogP contribution in [0, 0.1) is 0 Å². The van der Waals surface area contributed by atoms with Gasteiger partial charge in [0.25, 0.3) is 0 Å². The number of hydrogen-bond acceptors (Lipinski definition) is 4. The number of piperazine rings is 1. The van der Waals surface area contributed by atoms with Crippen LogP contribution in [-0.2, 0) is 6.61 Å². The van der Waals surface area contributed by atoms with E-state index >= 15 is 0 Å². The Morgan fingerprint density at radius 1 is 0.808 bits per heavy atom. The van der Waals surface area contributed by atoms with Crippen LogP contribution < -0.4 is 9.47 Å². The van der Waals surface area contributed by atoms with Gasteiger partial charge in [0.2, 0.25) is 0 Å². The van der Waals surface area contributed by atoms with Crippen LogP contribution in [0.15, 0.2) is 54.6 Å². The Labute approximate surface area is 163 Å². The minimum absolute atomic E-state index is 0. The first-order valence-electron chi connectivity index (χ1n) is 9.11. The number of nitrogens with zero attached hydrogens (tertiary/aromatic N) is 2. The van der Waals surface area contributed by atoms with Gasteiger partial charge in [-0.3, -0.25) is 0 Å². The van der Waals surface area contributed by atoms with Crippen LogP contribution >= 0.6 is 12.4 Å². The van der Waals surface area contributed by atoms with E-state index in [1.165, 1.54) is 0 Å². The van der Waals surface area contributed by atoms with E-state index in [1.54, 1.807) is 0 Å². The molecule has 0 N–H and O–H groups in total. The highest BCUT2D eigenvalue weighted by atomic mass is 35.5. The molecule has 1 saturated heterocycles. The zero-order chi connectivity index (χ0) is 17.3. The van der Waals surface area contributed by atoms with Crippen LogP contribution in [-0.4, -0.2) is 56.2 Å². The fourth-order valence-electron chi connectivity index (χ4n) is 2.97. The number of para-hydroxylation sites is 2. The van der Waals surface area contributed by atoms with Gasteiger partial charge in [0.15, 0.2) is 11.5 Å². The molecule has 0 unspecified atom stereocenters. The second-order valence-electron chi connectivity index (χ2n) is 6.57. The maximum absolute atomic E-state index is 5.98. The van der Waals surface area contributed by atoms with Crippen molar-refractivity contribution in [1.82, 2.24) is 9.80 Å². The lowest BCUT2D eigenvalue weighted by Crippen LogP contribution is -2.44. The molecule has 5 heteroatoms. The summed E-state index contributed by atoms with van der Waals surface area (Å²) >= 11 is 0. The standard InChI is InChI=1S/C21H28N2O2.ClH/c1-22-13-15-23(16-14-22)12-7-17-24-20-10-5-6-11-21(20)25-18-19-8-3-2-4-9-19;/h2-6,8-11H,7,12-18H2,1H3;1H. The number of rotatable bonds is 8. The molecule has 1 aliphatic rings. The molecule has 1 aliphatic heterocycles. The van der Waals surface area contributed by atoms with E-state index < -0.39 is 0 Å². The Morgan fingerprint density at radius 3 is 2.12 bits per heavy atom. The molecule has 0 saturated carbocycles. The van der Waals surface area contributed by atoms with Crippen molar-refractivity contribution in [1.29, 1.82) is 0 Å². The van der Waals surface area contributed by atoms with Crippen molar-refractivity contribution < 1.29 is 9.47 Å². The second-order valence-corrected chi connectivity index (χ2v) is 6.57. The van der Waals surface area contributed by atoms with Crippen LogP contribution in [0.2, 0.25) is 0 Å². The molecule has 2 aromatic carbocycles. The fourth-order valence-corrected chi connectivity index (χ4v) is 2.97. The lowest BCUT2D eigenvalue weighted by Gasteiger charge is -2.32. The highest BCUT2D eigenvalue weighted by molar-refractivity contribution is 5.85. The summed E-state index contributed by atoms with van der Waals surface area (Å²) in [5.41, 5.74) is 1.16. The van der Waals surface area contributed by atoms with Crippen LogP contribution in [0.25, 0.3) is 0 Å². The maximum Gasteiger partial charge on any atom is 0.161 e. The average molecular weight is 377 g/mol. The first-order chi connectivity index (χ1) is 12.3. The summed E-state index contributed by atoms with van der Waals surface area (Å²) in [4.78, 5) is 4.90. The van der Waals surface area contributed by atoms with Crippen molar-refractivity contribution in [2.75, 3.05) is 46.4 Å². The van der Waals surface area contributed by atoms with Gasteiger partial charge in [-0.2, -0.15) is 0 Å². The molecule has 0 aromatic heterocycles. The van der Waals surface area contributed by atoms with E-state index in [0.29, 0.717) is 6.61 Å². The lowest BCUT2D eigenvalue weighted by atomic mass is 10.2. The summed E-state index contributed by atoms with van der Waals surface area (Å²) in [6.45, 7) is 7.02. The van der Waals surface area contributed by atoms with Gasteiger partial charge >= 0.3 is 0 Å². The normalized spacial score (nSPS) is 15.3. The number of benzene rings is 2. The molecule has 1 heterocycles. The van der Waals surface area contributed by atoms with E-state index in [9.17, 15) is 0 Å². The van der Waals surface area contributed by atoms with E-state index in [1.807, 2.05) is 42.5 Å². The SMILES string of the molecule is CN1CCN(CCCOc2ccccc2OCc2ccccc2)CC1.Cl. The molecule has 1 fully saturated rings. The van der Waals surface area contributed by atoms with Crippen molar-refractivity contribution in [2.45, 2.75) is 13.0 Å². The third-order valence-electron chi connectivity index (χ3n) is 4.56. The molecule has 0 atom stereocenters. The van der Waals surface area contributed by atoms with Crippen molar-refractivity contribution in [3.8, 4) is 11.5 Å². The third-order valence-corrected chi connectivity index (χ3v) is 4.56. The Morgan fingerprint density at radius 2 is 1.42 bits per heavy atom. The average Bonchev–Trinajstić information content (AvgIpc) is 2.66.